The van der Waals surface area contributed by atoms with Gasteiger partial charge in [0.25, 0.3) is 0 Å². The van der Waals surface area contributed by atoms with Crippen LogP contribution in [0.3, 0.4) is 0 Å². The van der Waals surface area contributed by atoms with E-state index in [0.29, 0.717) is 5.54 Å². The first kappa shape index (κ1) is 10.4. The Morgan fingerprint density at radius 1 is 1.29 bits per heavy atom. The van der Waals surface area contributed by atoms with E-state index in [-0.39, 0.29) is 0 Å². The van der Waals surface area contributed by atoms with Crippen LogP contribution >= 0.6 is 0 Å². The van der Waals surface area contributed by atoms with Gasteiger partial charge in [-0.1, -0.05) is 0 Å². The Balaban J connectivity index is 1.88. The van der Waals surface area contributed by atoms with Gasteiger partial charge >= 0.3 is 0 Å². The highest BCUT2D eigenvalue weighted by Gasteiger charge is 2.33. The van der Waals surface area contributed by atoms with Crippen molar-refractivity contribution in [2.24, 2.45) is 0 Å². The summed E-state index contributed by atoms with van der Waals surface area (Å²) in [4.78, 5) is 2.59. The SMILES string of the molecule is CC1(C)CC(N2CCCOCC2)CN1. The van der Waals surface area contributed by atoms with Gasteiger partial charge in [0.15, 0.2) is 0 Å². The summed E-state index contributed by atoms with van der Waals surface area (Å²) >= 11 is 0. The lowest BCUT2D eigenvalue weighted by atomic mass is 10.0. The molecule has 2 aliphatic heterocycles. The van der Waals surface area contributed by atoms with Crippen LogP contribution in [0.25, 0.3) is 0 Å². The van der Waals surface area contributed by atoms with Crippen LogP contribution in [0.1, 0.15) is 26.7 Å². The Bertz CT molecular complexity index is 183. The molecule has 1 N–H and O–H groups in total. The molecule has 0 bridgehead atoms. The number of ether oxygens (including phenoxy) is 1. The first-order valence-electron chi connectivity index (χ1n) is 5.74. The van der Waals surface area contributed by atoms with Gasteiger partial charge in [-0.2, -0.15) is 0 Å². The monoisotopic (exact) mass is 198 g/mol. The number of nitrogens with one attached hydrogen (secondary N) is 1. The molecule has 0 spiro atoms. The molecule has 0 aromatic rings. The first-order chi connectivity index (χ1) is 6.67. The van der Waals surface area contributed by atoms with E-state index in [4.69, 9.17) is 4.74 Å². The van der Waals surface area contributed by atoms with Gasteiger partial charge in [-0.05, 0) is 26.7 Å². The third-order valence-electron chi connectivity index (χ3n) is 3.34. The predicted molar refractivity (Wildman–Crippen MR) is 57.5 cm³/mol. The molecule has 82 valence electrons. The highest BCUT2D eigenvalue weighted by atomic mass is 16.5. The Kier molecular flexibility index (Phi) is 3.10. The van der Waals surface area contributed by atoms with Gasteiger partial charge in [0.05, 0.1) is 6.61 Å². The molecule has 0 saturated carbocycles. The number of hydrogen-bond acceptors (Lipinski definition) is 3. The molecule has 0 aliphatic carbocycles. The van der Waals surface area contributed by atoms with Gasteiger partial charge in [-0.25, -0.2) is 0 Å². The van der Waals surface area contributed by atoms with Gasteiger partial charge < -0.3 is 10.1 Å². The van der Waals surface area contributed by atoms with Crippen LogP contribution in [0, 0.1) is 0 Å². The summed E-state index contributed by atoms with van der Waals surface area (Å²) in [6.45, 7) is 9.91. The molecule has 2 saturated heterocycles. The van der Waals surface area contributed by atoms with Crippen molar-refractivity contribution in [1.29, 1.82) is 0 Å². The van der Waals surface area contributed by atoms with Crippen LogP contribution in [-0.4, -0.2) is 49.3 Å². The molecular formula is C11H22N2O. The summed E-state index contributed by atoms with van der Waals surface area (Å²) in [5.41, 5.74) is 0.331. The van der Waals surface area contributed by atoms with Gasteiger partial charge in [0.2, 0.25) is 0 Å². The fraction of sp³-hybridized carbons (Fsp3) is 1.00. The topological polar surface area (TPSA) is 24.5 Å². The van der Waals surface area contributed by atoms with E-state index in [1.54, 1.807) is 0 Å². The molecule has 2 rings (SSSR count). The molecule has 0 radical (unpaired) electrons. The fourth-order valence-corrected chi connectivity index (χ4v) is 2.52. The Labute approximate surface area is 86.8 Å². The summed E-state index contributed by atoms with van der Waals surface area (Å²) in [6, 6.07) is 0.728. The molecular weight excluding hydrogens is 176 g/mol. The smallest absolute Gasteiger partial charge is 0.0593 e. The summed E-state index contributed by atoms with van der Waals surface area (Å²) in [5.74, 6) is 0. The van der Waals surface area contributed by atoms with E-state index >= 15 is 0 Å². The standard InChI is InChI=1S/C11H22N2O/c1-11(2)8-10(9-12-11)13-4-3-6-14-7-5-13/h10,12H,3-9H2,1-2H3. The van der Waals surface area contributed by atoms with Crippen LogP contribution in [-0.2, 0) is 4.74 Å². The molecule has 0 amide bonds. The van der Waals surface area contributed by atoms with Crippen molar-refractivity contribution in [3.05, 3.63) is 0 Å². The minimum atomic E-state index is 0.331. The minimum absolute atomic E-state index is 0.331. The normalized spacial score (nSPS) is 34.3. The van der Waals surface area contributed by atoms with Crippen molar-refractivity contribution in [3.8, 4) is 0 Å². The second-order valence-electron chi connectivity index (χ2n) is 5.12. The summed E-state index contributed by atoms with van der Waals surface area (Å²) in [6.07, 6.45) is 2.46. The van der Waals surface area contributed by atoms with Gasteiger partial charge in [-0.15, -0.1) is 0 Å². The van der Waals surface area contributed by atoms with E-state index in [1.165, 1.54) is 19.4 Å². The van der Waals surface area contributed by atoms with Crippen molar-refractivity contribution < 1.29 is 4.74 Å². The number of hydrogen-bond donors (Lipinski definition) is 1. The Hall–Kier alpha value is -0.120. The molecule has 2 heterocycles. The summed E-state index contributed by atoms with van der Waals surface area (Å²) in [5, 5.41) is 3.58. The van der Waals surface area contributed by atoms with E-state index < -0.39 is 0 Å². The fourth-order valence-electron chi connectivity index (χ4n) is 2.52. The molecule has 1 atom stereocenters. The van der Waals surface area contributed by atoms with E-state index in [0.717, 1.165) is 32.3 Å². The zero-order valence-corrected chi connectivity index (χ0v) is 9.38. The average molecular weight is 198 g/mol. The van der Waals surface area contributed by atoms with Crippen molar-refractivity contribution >= 4 is 0 Å². The molecule has 3 heteroatoms. The van der Waals surface area contributed by atoms with Gasteiger partial charge in [-0.3, -0.25) is 4.90 Å². The molecule has 2 fully saturated rings. The molecule has 0 aromatic heterocycles. The number of nitrogens with zero attached hydrogens (tertiary/aromatic N) is 1. The first-order valence-corrected chi connectivity index (χ1v) is 5.74. The van der Waals surface area contributed by atoms with Gasteiger partial charge in [0.1, 0.15) is 0 Å². The summed E-state index contributed by atoms with van der Waals surface area (Å²) in [7, 11) is 0. The van der Waals surface area contributed by atoms with Crippen LogP contribution in [0.15, 0.2) is 0 Å². The van der Waals surface area contributed by atoms with Crippen molar-refractivity contribution in [2.45, 2.75) is 38.3 Å². The van der Waals surface area contributed by atoms with Crippen LogP contribution in [0.5, 0.6) is 0 Å². The third kappa shape index (κ3) is 2.47. The predicted octanol–water partition coefficient (Wildman–Crippen LogP) is 0.849. The quantitative estimate of drug-likeness (QED) is 0.676. The third-order valence-corrected chi connectivity index (χ3v) is 3.34. The second-order valence-corrected chi connectivity index (χ2v) is 5.12. The van der Waals surface area contributed by atoms with E-state index in [2.05, 4.69) is 24.1 Å². The lowest BCUT2D eigenvalue weighted by Gasteiger charge is -2.27. The average Bonchev–Trinajstić information content (AvgIpc) is 2.42. The maximum atomic E-state index is 5.47. The minimum Gasteiger partial charge on any atom is -0.380 e. The molecule has 1 unspecified atom stereocenters. The van der Waals surface area contributed by atoms with Crippen LogP contribution < -0.4 is 5.32 Å². The highest BCUT2D eigenvalue weighted by Crippen LogP contribution is 2.22. The van der Waals surface area contributed by atoms with Crippen molar-refractivity contribution in [3.63, 3.8) is 0 Å². The maximum Gasteiger partial charge on any atom is 0.0593 e. The summed E-state index contributed by atoms with van der Waals surface area (Å²) < 4.78 is 5.47. The highest BCUT2D eigenvalue weighted by molar-refractivity contribution is 4.94. The lowest BCUT2D eigenvalue weighted by Crippen LogP contribution is -2.38. The van der Waals surface area contributed by atoms with Gasteiger partial charge in [0, 0.05) is 37.8 Å². The van der Waals surface area contributed by atoms with Crippen LogP contribution in [0.2, 0.25) is 0 Å². The molecule has 2 aliphatic rings. The molecule has 3 nitrogen and oxygen atoms in total. The van der Waals surface area contributed by atoms with Crippen molar-refractivity contribution in [1.82, 2.24) is 10.2 Å². The van der Waals surface area contributed by atoms with E-state index in [9.17, 15) is 0 Å². The molecule has 14 heavy (non-hydrogen) atoms. The maximum absolute atomic E-state index is 5.47. The zero-order valence-electron chi connectivity index (χ0n) is 9.38. The Morgan fingerprint density at radius 3 is 2.86 bits per heavy atom. The largest absolute Gasteiger partial charge is 0.380 e. The Morgan fingerprint density at radius 2 is 2.14 bits per heavy atom. The van der Waals surface area contributed by atoms with Crippen molar-refractivity contribution in [2.75, 3.05) is 32.8 Å². The van der Waals surface area contributed by atoms with E-state index in [1.807, 2.05) is 0 Å². The number of rotatable bonds is 1. The molecule has 0 aromatic carbocycles. The van der Waals surface area contributed by atoms with Crippen LogP contribution in [0.4, 0.5) is 0 Å². The zero-order chi connectivity index (χ0) is 10.0. The lowest BCUT2D eigenvalue weighted by molar-refractivity contribution is 0.133. The second kappa shape index (κ2) is 4.17.